The molecule has 0 fully saturated rings. The average Bonchev–Trinajstić information content (AvgIpc) is 2.68. The van der Waals surface area contributed by atoms with Crippen LogP contribution in [0.15, 0.2) is 53.4 Å². The summed E-state index contributed by atoms with van der Waals surface area (Å²) in [6.07, 6.45) is -0.126. The summed E-state index contributed by atoms with van der Waals surface area (Å²) >= 11 is 0. The van der Waals surface area contributed by atoms with E-state index < -0.39 is 16.2 Å². The van der Waals surface area contributed by atoms with Gasteiger partial charge in [-0.1, -0.05) is 29.8 Å². The number of ether oxygens (including phenoxy) is 2. The van der Waals surface area contributed by atoms with E-state index in [1.54, 1.807) is 38.3 Å². The highest BCUT2D eigenvalue weighted by molar-refractivity contribution is 7.86. The molecule has 0 aliphatic heterocycles. The van der Waals surface area contributed by atoms with Gasteiger partial charge in [0.2, 0.25) is 0 Å². The van der Waals surface area contributed by atoms with Crippen molar-refractivity contribution in [2.24, 2.45) is 0 Å². The number of benzene rings is 2. The summed E-state index contributed by atoms with van der Waals surface area (Å²) in [4.78, 5) is 11.7. The van der Waals surface area contributed by atoms with Gasteiger partial charge in [-0.25, -0.2) is 0 Å². The standard InChI is InChI=1S/C21H26O6S/c1-15-5-11-19(12-6-15)28(23,24)27-16(2)20(13-14-21(22)26-4)17-7-9-18(25-3)10-8-17/h5-12,16,20H,13-14H2,1-4H3/t16-,20+/m1/s1. The number of rotatable bonds is 9. The van der Waals surface area contributed by atoms with E-state index in [0.717, 1.165) is 11.1 Å². The maximum absolute atomic E-state index is 12.7. The van der Waals surface area contributed by atoms with Crippen molar-refractivity contribution in [3.63, 3.8) is 0 Å². The Morgan fingerprint density at radius 1 is 1.00 bits per heavy atom. The summed E-state index contributed by atoms with van der Waals surface area (Å²) in [6.45, 7) is 3.57. The second-order valence-corrected chi connectivity index (χ2v) is 8.14. The Morgan fingerprint density at radius 2 is 1.61 bits per heavy atom. The molecule has 2 atom stereocenters. The van der Waals surface area contributed by atoms with Crippen molar-refractivity contribution in [2.45, 2.75) is 43.6 Å². The number of carbonyl (C=O) groups is 1. The molecule has 6 nitrogen and oxygen atoms in total. The zero-order chi connectivity index (χ0) is 20.7. The minimum absolute atomic E-state index is 0.103. The molecule has 2 aromatic carbocycles. The minimum Gasteiger partial charge on any atom is -0.497 e. The molecule has 0 saturated heterocycles. The van der Waals surface area contributed by atoms with Gasteiger partial charge in [-0.3, -0.25) is 8.98 Å². The van der Waals surface area contributed by atoms with E-state index in [4.69, 9.17) is 13.7 Å². The molecule has 0 aromatic heterocycles. The summed E-state index contributed by atoms with van der Waals surface area (Å²) in [5.41, 5.74) is 1.82. The van der Waals surface area contributed by atoms with Gasteiger partial charge in [0, 0.05) is 12.3 Å². The molecule has 0 N–H and O–H groups in total. The highest BCUT2D eigenvalue weighted by Crippen LogP contribution is 2.31. The first-order valence-electron chi connectivity index (χ1n) is 8.97. The molecular formula is C21H26O6S. The lowest BCUT2D eigenvalue weighted by Gasteiger charge is -2.24. The van der Waals surface area contributed by atoms with Crippen LogP contribution in [0, 0.1) is 6.92 Å². The molecule has 7 heteroatoms. The van der Waals surface area contributed by atoms with Gasteiger partial charge in [0.1, 0.15) is 5.75 Å². The van der Waals surface area contributed by atoms with Crippen LogP contribution in [0.3, 0.4) is 0 Å². The molecule has 0 aliphatic rings. The molecule has 0 saturated carbocycles. The zero-order valence-corrected chi connectivity index (χ0v) is 17.4. The maximum atomic E-state index is 12.7. The second kappa shape index (κ2) is 9.71. The Bertz CT molecular complexity index is 872. The Balaban J connectivity index is 2.24. The minimum atomic E-state index is -3.93. The highest BCUT2D eigenvalue weighted by atomic mass is 32.2. The van der Waals surface area contributed by atoms with Gasteiger partial charge in [0.05, 0.1) is 25.2 Å². The number of carbonyl (C=O) groups excluding carboxylic acids is 1. The molecule has 0 radical (unpaired) electrons. The fourth-order valence-corrected chi connectivity index (χ4v) is 4.04. The lowest BCUT2D eigenvalue weighted by molar-refractivity contribution is -0.140. The van der Waals surface area contributed by atoms with E-state index in [9.17, 15) is 13.2 Å². The first kappa shape index (κ1) is 21.9. The third-order valence-electron chi connectivity index (χ3n) is 4.59. The molecule has 28 heavy (non-hydrogen) atoms. The Morgan fingerprint density at radius 3 is 2.14 bits per heavy atom. The lowest BCUT2D eigenvalue weighted by atomic mass is 9.90. The first-order chi connectivity index (χ1) is 13.3. The summed E-state index contributed by atoms with van der Waals surface area (Å²) in [6, 6.07) is 13.8. The van der Waals surface area contributed by atoms with Crippen LogP contribution < -0.4 is 4.74 Å². The van der Waals surface area contributed by atoms with Crippen molar-refractivity contribution in [3.05, 3.63) is 59.7 Å². The van der Waals surface area contributed by atoms with Crippen molar-refractivity contribution in [1.29, 1.82) is 0 Å². The number of hydrogen-bond acceptors (Lipinski definition) is 6. The van der Waals surface area contributed by atoms with Gasteiger partial charge in [-0.05, 0) is 50.1 Å². The molecular weight excluding hydrogens is 380 g/mol. The normalized spacial score (nSPS) is 13.6. The largest absolute Gasteiger partial charge is 0.497 e. The molecule has 2 rings (SSSR count). The molecule has 0 heterocycles. The SMILES string of the molecule is COC(=O)CC[C@H](c1ccc(OC)cc1)[C@@H](C)OS(=O)(=O)c1ccc(C)cc1. The molecule has 0 unspecified atom stereocenters. The van der Waals surface area contributed by atoms with Crippen LogP contribution in [-0.4, -0.2) is 34.7 Å². The summed E-state index contributed by atoms with van der Waals surface area (Å²) in [5, 5.41) is 0. The van der Waals surface area contributed by atoms with Gasteiger partial charge in [0.25, 0.3) is 10.1 Å². The van der Waals surface area contributed by atoms with Crippen molar-refractivity contribution >= 4 is 16.1 Å². The fourth-order valence-electron chi connectivity index (χ4n) is 2.93. The highest BCUT2D eigenvalue weighted by Gasteiger charge is 2.27. The molecule has 0 bridgehead atoms. The molecule has 152 valence electrons. The van der Waals surface area contributed by atoms with Gasteiger partial charge in [-0.2, -0.15) is 8.42 Å². The lowest BCUT2D eigenvalue weighted by Crippen LogP contribution is -2.24. The topological polar surface area (TPSA) is 78.9 Å². The fraction of sp³-hybridized carbons (Fsp3) is 0.381. The Labute approximate surface area is 166 Å². The third-order valence-corrected chi connectivity index (χ3v) is 5.99. The zero-order valence-electron chi connectivity index (χ0n) is 16.5. The number of hydrogen-bond donors (Lipinski definition) is 0. The number of aryl methyl sites for hydroxylation is 1. The van der Waals surface area contributed by atoms with E-state index >= 15 is 0 Å². The summed E-state index contributed by atoms with van der Waals surface area (Å²) in [7, 11) is -1.03. The van der Waals surface area contributed by atoms with Crippen LogP contribution in [0.4, 0.5) is 0 Å². The smallest absolute Gasteiger partial charge is 0.305 e. The second-order valence-electron chi connectivity index (χ2n) is 6.56. The molecule has 2 aromatic rings. The van der Waals surface area contributed by atoms with Crippen molar-refractivity contribution in [1.82, 2.24) is 0 Å². The number of esters is 1. The van der Waals surface area contributed by atoms with E-state index in [1.165, 1.54) is 19.2 Å². The molecule has 0 aliphatic carbocycles. The quantitative estimate of drug-likeness (QED) is 0.465. The van der Waals surface area contributed by atoms with Crippen LogP contribution in [0.2, 0.25) is 0 Å². The van der Waals surface area contributed by atoms with E-state index in [-0.39, 0.29) is 23.2 Å². The van der Waals surface area contributed by atoms with Gasteiger partial charge in [-0.15, -0.1) is 0 Å². The monoisotopic (exact) mass is 406 g/mol. The van der Waals surface area contributed by atoms with Crippen molar-refractivity contribution < 1.29 is 26.9 Å². The Kier molecular flexibility index (Phi) is 7.60. The predicted octanol–water partition coefficient (Wildman–Crippen LogP) is 3.83. The van der Waals surface area contributed by atoms with Crippen LogP contribution in [0.25, 0.3) is 0 Å². The van der Waals surface area contributed by atoms with Gasteiger partial charge in [0.15, 0.2) is 0 Å². The van der Waals surface area contributed by atoms with E-state index in [2.05, 4.69) is 0 Å². The van der Waals surface area contributed by atoms with E-state index in [1.807, 2.05) is 19.1 Å². The first-order valence-corrected chi connectivity index (χ1v) is 10.4. The third kappa shape index (κ3) is 5.81. The van der Waals surface area contributed by atoms with Crippen LogP contribution >= 0.6 is 0 Å². The van der Waals surface area contributed by atoms with Crippen LogP contribution in [-0.2, 0) is 23.8 Å². The van der Waals surface area contributed by atoms with Crippen LogP contribution in [0.5, 0.6) is 5.75 Å². The maximum Gasteiger partial charge on any atom is 0.305 e. The van der Waals surface area contributed by atoms with Crippen molar-refractivity contribution in [2.75, 3.05) is 14.2 Å². The van der Waals surface area contributed by atoms with Gasteiger partial charge >= 0.3 is 5.97 Å². The van der Waals surface area contributed by atoms with E-state index in [0.29, 0.717) is 12.2 Å². The molecule has 0 spiro atoms. The molecule has 0 amide bonds. The predicted molar refractivity (Wildman–Crippen MR) is 106 cm³/mol. The Hall–Kier alpha value is -2.38. The summed E-state index contributed by atoms with van der Waals surface area (Å²) < 4.78 is 40.7. The van der Waals surface area contributed by atoms with Gasteiger partial charge < -0.3 is 9.47 Å². The van der Waals surface area contributed by atoms with Crippen molar-refractivity contribution in [3.8, 4) is 5.75 Å². The number of methoxy groups -OCH3 is 2. The summed E-state index contributed by atoms with van der Waals surface area (Å²) in [5.74, 6) is 0.0219. The average molecular weight is 407 g/mol. The van der Waals surface area contributed by atoms with Crippen LogP contribution in [0.1, 0.15) is 36.8 Å².